The summed E-state index contributed by atoms with van der Waals surface area (Å²) in [7, 11) is 0. The molecule has 0 atom stereocenters. The van der Waals surface area contributed by atoms with Crippen LogP contribution in [0.5, 0.6) is 0 Å². The molecule has 0 fully saturated rings. The third-order valence-corrected chi connectivity index (χ3v) is 3.31. The van der Waals surface area contributed by atoms with Gasteiger partial charge < -0.3 is 4.74 Å². The van der Waals surface area contributed by atoms with Crippen molar-refractivity contribution in [3.63, 3.8) is 0 Å². The number of hydrogen-bond acceptors (Lipinski definition) is 3. The molecule has 0 N–H and O–H groups in total. The summed E-state index contributed by atoms with van der Waals surface area (Å²) < 4.78 is 7.22. The number of carbonyl (C=O) groups excluding carboxylic acids is 1. The minimum Gasteiger partial charge on any atom is -0.382 e. The Labute approximate surface area is 116 Å². The zero-order chi connectivity index (χ0) is 14.1. The Morgan fingerprint density at radius 2 is 2.11 bits per heavy atom. The van der Waals surface area contributed by atoms with E-state index in [1.165, 1.54) is 0 Å². The van der Waals surface area contributed by atoms with Crippen molar-refractivity contribution in [3.8, 4) is 0 Å². The molecule has 0 amide bonds. The van der Waals surface area contributed by atoms with Gasteiger partial charge in [-0.3, -0.25) is 9.48 Å². The number of ether oxygens (including phenoxy) is 1. The second kappa shape index (κ2) is 8.86. The normalized spacial score (nSPS) is 11.2. The quantitative estimate of drug-likeness (QED) is 0.611. The molecule has 1 rings (SSSR count). The van der Waals surface area contributed by atoms with Gasteiger partial charge in [-0.25, -0.2) is 0 Å². The Morgan fingerprint density at radius 3 is 2.74 bits per heavy atom. The first kappa shape index (κ1) is 15.9. The molecule has 0 spiro atoms. The van der Waals surface area contributed by atoms with E-state index in [1.807, 2.05) is 23.9 Å². The number of Topliss-reactive ketones (excluding diaryl/α,β-unsaturated/α-hetero) is 1. The second-order valence-electron chi connectivity index (χ2n) is 4.77. The number of aromatic nitrogens is 2. The maximum atomic E-state index is 11.8. The molecule has 0 aliphatic heterocycles. The van der Waals surface area contributed by atoms with E-state index in [0.717, 1.165) is 25.0 Å². The molecule has 1 aromatic rings. The molecule has 4 heteroatoms. The van der Waals surface area contributed by atoms with Crippen molar-refractivity contribution in [2.45, 2.75) is 58.9 Å². The van der Waals surface area contributed by atoms with E-state index in [0.29, 0.717) is 32.1 Å². The molecule has 0 aliphatic rings. The number of carbonyl (C=O) groups is 1. The standard InChI is InChI=1S/C15H26N2O2/c1-4-14(5-2)17-10-9-13(16-17)12-15(18)8-7-11-19-6-3/h9-10,14H,4-8,11-12H2,1-3H3. The first-order valence-corrected chi connectivity index (χ1v) is 7.34. The lowest BCUT2D eigenvalue weighted by atomic mass is 10.1. The number of rotatable bonds is 10. The predicted molar refractivity (Wildman–Crippen MR) is 76.3 cm³/mol. The fourth-order valence-electron chi connectivity index (χ4n) is 2.14. The second-order valence-corrected chi connectivity index (χ2v) is 4.77. The Hall–Kier alpha value is -1.16. The highest BCUT2D eigenvalue weighted by molar-refractivity contribution is 5.80. The fraction of sp³-hybridized carbons (Fsp3) is 0.733. The number of nitrogens with zero attached hydrogens (tertiary/aromatic N) is 2. The van der Waals surface area contributed by atoms with Gasteiger partial charge in [0.2, 0.25) is 0 Å². The molecule has 0 aromatic carbocycles. The Balaban J connectivity index is 2.38. The minimum absolute atomic E-state index is 0.245. The van der Waals surface area contributed by atoms with Crippen LogP contribution in [0.3, 0.4) is 0 Å². The van der Waals surface area contributed by atoms with Crippen LogP contribution in [0.4, 0.5) is 0 Å². The van der Waals surface area contributed by atoms with Gasteiger partial charge in [-0.2, -0.15) is 5.10 Å². The average molecular weight is 266 g/mol. The van der Waals surface area contributed by atoms with Crippen LogP contribution >= 0.6 is 0 Å². The highest BCUT2D eigenvalue weighted by Crippen LogP contribution is 2.14. The predicted octanol–water partition coefficient (Wildman–Crippen LogP) is 3.17. The molecule has 0 unspecified atom stereocenters. The van der Waals surface area contributed by atoms with E-state index >= 15 is 0 Å². The Morgan fingerprint density at radius 1 is 1.37 bits per heavy atom. The summed E-state index contributed by atoms with van der Waals surface area (Å²) >= 11 is 0. The molecule has 0 bridgehead atoms. The van der Waals surface area contributed by atoms with Crippen molar-refractivity contribution < 1.29 is 9.53 Å². The molecular weight excluding hydrogens is 240 g/mol. The molecule has 0 saturated heterocycles. The summed E-state index contributed by atoms with van der Waals surface area (Å²) in [6, 6.07) is 2.40. The Bertz CT molecular complexity index is 370. The average Bonchev–Trinajstić information content (AvgIpc) is 2.84. The zero-order valence-electron chi connectivity index (χ0n) is 12.4. The molecule has 108 valence electrons. The van der Waals surface area contributed by atoms with Gasteiger partial charge in [0.15, 0.2) is 0 Å². The van der Waals surface area contributed by atoms with Gasteiger partial charge in [-0.1, -0.05) is 13.8 Å². The summed E-state index contributed by atoms with van der Waals surface area (Å²) in [6.45, 7) is 7.67. The van der Waals surface area contributed by atoms with E-state index in [9.17, 15) is 4.79 Å². The van der Waals surface area contributed by atoms with Crippen molar-refractivity contribution >= 4 is 5.78 Å². The van der Waals surface area contributed by atoms with Gasteiger partial charge in [0.1, 0.15) is 5.78 Å². The third-order valence-electron chi connectivity index (χ3n) is 3.31. The van der Waals surface area contributed by atoms with Gasteiger partial charge >= 0.3 is 0 Å². The van der Waals surface area contributed by atoms with Crippen LogP contribution in [0.15, 0.2) is 12.3 Å². The number of ketones is 1. The molecule has 0 aliphatic carbocycles. The lowest BCUT2D eigenvalue weighted by Gasteiger charge is -2.12. The number of hydrogen-bond donors (Lipinski definition) is 0. The lowest BCUT2D eigenvalue weighted by molar-refractivity contribution is -0.118. The van der Waals surface area contributed by atoms with Crippen LogP contribution in [0, 0.1) is 0 Å². The maximum Gasteiger partial charge on any atom is 0.139 e. The smallest absolute Gasteiger partial charge is 0.139 e. The van der Waals surface area contributed by atoms with Crippen molar-refractivity contribution in [1.82, 2.24) is 9.78 Å². The first-order chi connectivity index (χ1) is 9.21. The molecule has 1 heterocycles. The summed E-state index contributed by atoms with van der Waals surface area (Å²) in [4.78, 5) is 11.8. The topological polar surface area (TPSA) is 44.1 Å². The van der Waals surface area contributed by atoms with Crippen LogP contribution in [0.25, 0.3) is 0 Å². The van der Waals surface area contributed by atoms with Gasteiger partial charge in [-0.15, -0.1) is 0 Å². The van der Waals surface area contributed by atoms with E-state index in [2.05, 4.69) is 18.9 Å². The monoisotopic (exact) mass is 266 g/mol. The molecule has 0 radical (unpaired) electrons. The zero-order valence-corrected chi connectivity index (χ0v) is 12.4. The Kier molecular flexibility index (Phi) is 7.41. The van der Waals surface area contributed by atoms with Gasteiger partial charge in [0, 0.05) is 25.8 Å². The summed E-state index contributed by atoms with van der Waals surface area (Å²) in [5.74, 6) is 0.245. The van der Waals surface area contributed by atoms with Crippen molar-refractivity contribution in [2.75, 3.05) is 13.2 Å². The molecule has 1 aromatic heterocycles. The van der Waals surface area contributed by atoms with Crippen molar-refractivity contribution in [3.05, 3.63) is 18.0 Å². The molecule has 19 heavy (non-hydrogen) atoms. The van der Waals surface area contributed by atoms with E-state index in [1.54, 1.807) is 0 Å². The lowest BCUT2D eigenvalue weighted by Crippen LogP contribution is -2.09. The first-order valence-electron chi connectivity index (χ1n) is 7.34. The summed E-state index contributed by atoms with van der Waals surface area (Å²) in [5.41, 5.74) is 0.883. The molecule has 0 saturated carbocycles. The van der Waals surface area contributed by atoms with E-state index < -0.39 is 0 Å². The largest absolute Gasteiger partial charge is 0.382 e. The van der Waals surface area contributed by atoms with Crippen LogP contribution in [-0.2, 0) is 16.0 Å². The van der Waals surface area contributed by atoms with Crippen molar-refractivity contribution in [2.24, 2.45) is 0 Å². The highest BCUT2D eigenvalue weighted by atomic mass is 16.5. The van der Waals surface area contributed by atoms with Gasteiger partial charge in [0.05, 0.1) is 18.2 Å². The summed E-state index contributed by atoms with van der Waals surface area (Å²) in [6.07, 6.45) is 5.96. The van der Waals surface area contributed by atoms with Gasteiger partial charge in [0.25, 0.3) is 0 Å². The molecule has 4 nitrogen and oxygen atoms in total. The maximum absolute atomic E-state index is 11.8. The third kappa shape index (κ3) is 5.55. The van der Waals surface area contributed by atoms with Crippen LogP contribution < -0.4 is 0 Å². The summed E-state index contributed by atoms with van der Waals surface area (Å²) in [5, 5.41) is 4.50. The fourth-order valence-corrected chi connectivity index (χ4v) is 2.14. The minimum atomic E-state index is 0.245. The van der Waals surface area contributed by atoms with E-state index in [-0.39, 0.29) is 5.78 Å². The van der Waals surface area contributed by atoms with Gasteiger partial charge in [-0.05, 0) is 32.3 Å². The van der Waals surface area contributed by atoms with Crippen LogP contribution in [-0.4, -0.2) is 28.8 Å². The highest BCUT2D eigenvalue weighted by Gasteiger charge is 2.10. The van der Waals surface area contributed by atoms with E-state index in [4.69, 9.17) is 4.74 Å². The molecular formula is C15H26N2O2. The van der Waals surface area contributed by atoms with Crippen LogP contribution in [0.2, 0.25) is 0 Å². The SMILES string of the molecule is CCOCCCC(=O)Cc1ccn(C(CC)CC)n1. The van der Waals surface area contributed by atoms with Crippen LogP contribution in [0.1, 0.15) is 58.2 Å². The van der Waals surface area contributed by atoms with Crippen molar-refractivity contribution in [1.29, 1.82) is 0 Å².